The first-order chi connectivity index (χ1) is 17.4. The maximum absolute atomic E-state index is 12.8. The van der Waals surface area contributed by atoms with Gasteiger partial charge >= 0.3 is 12.0 Å². The van der Waals surface area contributed by atoms with E-state index >= 15 is 0 Å². The Morgan fingerprint density at radius 3 is 2.75 bits per heavy atom. The zero-order valence-corrected chi connectivity index (χ0v) is 20.5. The summed E-state index contributed by atoms with van der Waals surface area (Å²) in [5.41, 5.74) is 1.71. The number of methoxy groups -OCH3 is 1. The van der Waals surface area contributed by atoms with Crippen LogP contribution in [0.2, 0.25) is 0 Å². The van der Waals surface area contributed by atoms with Gasteiger partial charge in [-0.25, -0.2) is 9.59 Å². The molecule has 5 rings (SSSR count). The van der Waals surface area contributed by atoms with Gasteiger partial charge in [0.05, 0.1) is 18.1 Å². The topological polar surface area (TPSA) is 117 Å². The van der Waals surface area contributed by atoms with E-state index in [9.17, 15) is 14.4 Å². The number of rotatable bonds is 7. The first kappa shape index (κ1) is 23.5. The minimum absolute atomic E-state index is 0.0130. The van der Waals surface area contributed by atoms with E-state index in [-0.39, 0.29) is 30.6 Å². The number of amides is 3. The van der Waals surface area contributed by atoms with E-state index in [4.69, 9.17) is 18.6 Å². The van der Waals surface area contributed by atoms with Crippen molar-refractivity contribution in [1.29, 1.82) is 0 Å². The molecular weight excluding hydrogens is 536 g/mol. The number of imide groups is 1. The zero-order valence-electron chi connectivity index (χ0n) is 18.9. The van der Waals surface area contributed by atoms with Crippen molar-refractivity contribution >= 4 is 39.9 Å². The largest absolute Gasteiger partial charge is 0.488 e. The summed E-state index contributed by atoms with van der Waals surface area (Å²) in [6.07, 6.45) is 1.56. The number of halogens is 1. The van der Waals surface area contributed by atoms with Crippen LogP contribution >= 0.6 is 15.9 Å². The second-order valence-electron chi connectivity index (χ2n) is 7.80. The maximum Gasteiger partial charge on any atom is 0.373 e. The summed E-state index contributed by atoms with van der Waals surface area (Å²) in [6, 6.07) is 13.3. The van der Waals surface area contributed by atoms with Gasteiger partial charge in [0.15, 0.2) is 11.5 Å². The van der Waals surface area contributed by atoms with Gasteiger partial charge in [-0.15, -0.1) is 0 Å². The molecule has 0 atom stereocenters. The Kier molecular flexibility index (Phi) is 6.38. The van der Waals surface area contributed by atoms with Crippen molar-refractivity contribution in [2.24, 2.45) is 0 Å². The van der Waals surface area contributed by atoms with Gasteiger partial charge in [-0.2, -0.15) is 0 Å². The Morgan fingerprint density at radius 2 is 1.94 bits per heavy atom. The minimum Gasteiger partial charge on any atom is -0.488 e. The van der Waals surface area contributed by atoms with E-state index in [1.807, 2.05) is 18.2 Å². The molecule has 0 radical (unpaired) electrons. The van der Waals surface area contributed by atoms with Crippen LogP contribution in [-0.2, 0) is 22.7 Å². The van der Waals surface area contributed by atoms with Crippen molar-refractivity contribution in [3.8, 4) is 17.2 Å². The highest BCUT2D eigenvalue weighted by atomic mass is 79.9. The molecule has 1 fully saturated rings. The second kappa shape index (κ2) is 9.78. The van der Waals surface area contributed by atoms with Crippen molar-refractivity contribution in [1.82, 2.24) is 10.2 Å². The summed E-state index contributed by atoms with van der Waals surface area (Å²) in [6.45, 7) is 0.404. The molecule has 1 N–H and O–H groups in total. The molecule has 184 valence electrons. The zero-order chi connectivity index (χ0) is 25.2. The summed E-state index contributed by atoms with van der Waals surface area (Å²) in [5, 5.41) is 2.56. The minimum atomic E-state index is -0.645. The Hall–Kier alpha value is -4.25. The van der Waals surface area contributed by atoms with Gasteiger partial charge in [0.1, 0.15) is 23.8 Å². The molecule has 2 aliphatic heterocycles. The molecule has 2 aliphatic rings. The number of nitrogens with zero attached hydrogens (tertiary/aromatic N) is 1. The van der Waals surface area contributed by atoms with Gasteiger partial charge in [-0.1, -0.05) is 12.1 Å². The van der Waals surface area contributed by atoms with E-state index in [0.717, 1.165) is 10.5 Å². The van der Waals surface area contributed by atoms with Crippen molar-refractivity contribution in [3.05, 3.63) is 81.3 Å². The first-order valence-electron chi connectivity index (χ1n) is 10.7. The number of hydrogen-bond acceptors (Lipinski definition) is 8. The smallest absolute Gasteiger partial charge is 0.373 e. The molecule has 0 aliphatic carbocycles. The summed E-state index contributed by atoms with van der Waals surface area (Å²) >= 11 is 3.49. The van der Waals surface area contributed by atoms with Crippen LogP contribution in [-0.4, -0.2) is 36.7 Å². The molecule has 0 unspecified atom stereocenters. The predicted octanol–water partition coefficient (Wildman–Crippen LogP) is 4.23. The fourth-order valence-corrected chi connectivity index (χ4v) is 4.14. The number of fused-ring (bicyclic) bond motifs is 1. The van der Waals surface area contributed by atoms with Gasteiger partial charge < -0.3 is 28.7 Å². The average Bonchev–Trinajstić information content (AvgIpc) is 3.59. The van der Waals surface area contributed by atoms with Crippen LogP contribution in [0.25, 0.3) is 6.08 Å². The lowest BCUT2D eigenvalue weighted by Gasteiger charge is -2.10. The second-order valence-corrected chi connectivity index (χ2v) is 8.66. The Labute approximate surface area is 213 Å². The maximum atomic E-state index is 12.8. The van der Waals surface area contributed by atoms with Crippen LogP contribution in [0.3, 0.4) is 0 Å². The number of esters is 1. The molecule has 1 saturated heterocycles. The molecular formula is C25H19BrN2O8. The lowest BCUT2D eigenvalue weighted by molar-refractivity contribution is -0.123. The number of carbonyl (C=O) groups excluding carboxylic acids is 3. The lowest BCUT2D eigenvalue weighted by Crippen LogP contribution is -2.30. The quantitative estimate of drug-likeness (QED) is 0.262. The number of hydrogen-bond donors (Lipinski definition) is 1. The number of furan rings is 1. The molecule has 11 heteroatoms. The normalized spacial score (nSPS) is 15.4. The first-order valence-corrected chi connectivity index (χ1v) is 11.5. The summed E-state index contributed by atoms with van der Waals surface area (Å²) in [5.74, 6) is 1.10. The molecule has 0 saturated carbocycles. The lowest BCUT2D eigenvalue weighted by atomic mass is 10.1. The van der Waals surface area contributed by atoms with E-state index < -0.39 is 17.9 Å². The summed E-state index contributed by atoms with van der Waals surface area (Å²) in [7, 11) is 1.23. The fraction of sp³-hybridized carbons (Fsp3) is 0.160. The van der Waals surface area contributed by atoms with Gasteiger partial charge in [-0.3, -0.25) is 9.69 Å². The highest BCUT2D eigenvalue weighted by Crippen LogP contribution is 2.33. The number of nitrogens with one attached hydrogen (secondary N) is 1. The highest BCUT2D eigenvalue weighted by molar-refractivity contribution is 9.10. The Morgan fingerprint density at radius 1 is 1.11 bits per heavy atom. The van der Waals surface area contributed by atoms with Crippen molar-refractivity contribution < 1.29 is 37.7 Å². The van der Waals surface area contributed by atoms with Gasteiger partial charge in [0.2, 0.25) is 12.6 Å². The van der Waals surface area contributed by atoms with Gasteiger partial charge in [0.25, 0.3) is 5.91 Å². The molecule has 36 heavy (non-hydrogen) atoms. The standard InChI is InChI=1S/C25H19BrN2O8/c1-32-24(30)21-7-4-16(36-21)11-28-23(29)18(27-25(28)31)9-14-2-5-19(17(26)8-14)33-12-15-3-6-20-22(10-15)35-13-34-20/h2-10H,11-13H2,1H3,(H,27,31)/b18-9-. The van der Waals surface area contributed by atoms with Gasteiger partial charge in [-0.05, 0) is 69.5 Å². The Bertz CT molecular complexity index is 1400. The van der Waals surface area contributed by atoms with Crippen LogP contribution in [0.5, 0.6) is 17.2 Å². The molecule has 3 aromatic rings. The van der Waals surface area contributed by atoms with Crippen molar-refractivity contribution in [3.63, 3.8) is 0 Å². The third-order valence-corrected chi connectivity index (χ3v) is 6.04. The molecule has 1 aromatic heterocycles. The molecule has 2 aromatic carbocycles. The van der Waals surface area contributed by atoms with Gasteiger partial charge in [0, 0.05) is 0 Å². The van der Waals surface area contributed by atoms with E-state index in [1.54, 1.807) is 24.3 Å². The molecule has 10 nitrogen and oxygen atoms in total. The molecule has 3 heterocycles. The number of carbonyl (C=O) groups is 3. The molecule has 3 amide bonds. The van der Waals surface area contributed by atoms with Crippen LogP contribution in [0.4, 0.5) is 4.79 Å². The SMILES string of the molecule is COC(=O)c1ccc(CN2C(=O)N/C(=C\c3ccc(OCc4ccc5c(c4)OCO5)c(Br)c3)C2=O)o1. The number of urea groups is 1. The fourth-order valence-electron chi connectivity index (χ4n) is 3.63. The molecule has 0 bridgehead atoms. The monoisotopic (exact) mass is 554 g/mol. The van der Waals surface area contributed by atoms with Crippen LogP contribution in [0.15, 0.2) is 63.1 Å². The third-order valence-electron chi connectivity index (χ3n) is 5.42. The Balaban J connectivity index is 1.24. The summed E-state index contributed by atoms with van der Waals surface area (Å²) in [4.78, 5) is 37.7. The van der Waals surface area contributed by atoms with Crippen LogP contribution in [0, 0.1) is 0 Å². The van der Waals surface area contributed by atoms with E-state index in [0.29, 0.717) is 33.9 Å². The number of benzene rings is 2. The molecule has 0 spiro atoms. The van der Waals surface area contributed by atoms with E-state index in [2.05, 4.69) is 26.0 Å². The third kappa shape index (κ3) is 4.78. The predicted molar refractivity (Wildman–Crippen MR) is 128 cm³/mol. The van der Waals surface area contributed by atoms with Crippen LogP contribution < -0.4 is 19.5 Å². The average molecular weight is 555 g/mol. The number of ether oxygens (including phenoxy) is 4. The van der Waals surface area contributed by atoms with Crippen LogP contribution in [0.1, 0.15) is 27.4 Å². The highest BCUT2D eigenvalue weighted by Gasteiger charge is 2.34. The van der Waals surface area contributed by atoms with Crippen molar-refractivity contribution in [2.45, 2.75) is 13.2 Å². The van der Waals surface area contributed by atoms with E-state index in [1.165, 1.54) is 19.2 Å². The summed E-state index contributed by atoms with van der Waals surface area (Å²) < 4.78 is 27.2. The van der Waals surface area contributed by atoms with Crippen molar-refractivity contribution in [2.75, 3.05) is 13.9 Å².